The van der Waals surface area contributed by atoms with Crippen LogP contribution in [0, 0.1) is 10.1 Å². The highest BCUT2D eigenvalue weighted by Gasteiger charge is 2.16. The number of nitro groups is 1. The minimum Gasteiger partial charge on any atom is -0.384 e. The van der Waals surface area contributed by atoms with Crippen LogP contribution < -0.4 is 10.6 Å². The van der Waals surface area contributed by atoms with Crippen LogP contribution in [0.1, 0.15) is 37.0 Å². The first-order chi connectivity index (χ1) is 9.10. The van der Waals surface area contributed by atoms with E-state index in [1.807, 2.05) is 13.8 Å². The Bertz CT molecular complexity index is 460. The maximum Gasteiger partial charge on any atom is 0.270 e. The van der Waals surface area contributed by atoms with Crippen LogP contribution in [0.5, 0.6) is 0 Å². The molecule has 1 rings (SSSR count). The summed E-state index contributed by atoms with van der Waals surface area (Å²) in [5.74, 6) is -0.288. The lowest BCUT2D eigenvalue weighted by Gasteiger charge is -2.11. The summed E-state index contributed by atoms with van der Waals surface area (Å²) in [5, 5.41) is 16.6. The fourth-order valence-corrected chi connectivity index (χ4v) is 1.58. The molecular weight excluding hydrogens is 246 g/mol. The number of anilines is 1. The molecule has 0 fully saturated rings. The number of carbonyl (C=O) groups is 1. The largest absolute Gasteiger partial charge is 0.384 e. The van der Waals surface area contributed by atoms with Crippen molar-refractivity contribution in [3.05, 3.63) is 33.9 Å². The molecule has 6 heteroatoms. The van der Waals surface area contributed by atoms with Crippen molar-refractivity contribution >= 4 is 17.3 Å². The lowest BCUT2D eigenvalue weighted by Crippen LogP contribution is -2.25. The van der Waals surface area contributed by atoms with Crippen LogP contribution in [0.4, 0.5) is 11.4 Å². The third-order valence-electron chi connectivity index (χ3n) is 2.56. The molecule has 0 aromatic heterocycles. The summed E-state index contributed by atoms with van der Waals surface area (Å²) in [5.41, 5.74) is 0.862. The Morgan fingerprint density at radius 3 is 2.53 bits per heavy atom. The van der Waals surface area contributed by atoms with E-state index in [4.69, 9.17) is 0 Å². The van der Waals surface area contributed by atoms with Crippen LogP contribution in [0.3, 0.4) is 0 Å². The van der Waals surface area contributed by atoms with Crippen LogP contribution in [-0.4, -0.2) is 23.9 Å². The van der Waals surface area contributed by atoms with Crippen molar-refractivity contribution < 1.29 is 9.72 Å². The molecule has 19 heavy (non-hydrogen) atoms. The number of carbonyl (C=O) groups excluding carboxylic acids is 1. The molecule has 1 amide bonds. The SMILES string of the molecule is CCCNC(=O)c1cc([N+](=O)[O-])ccc1NCCC. The topological polar surface area (TPSA) is 84.3 Å². The zero-order chi connectivity index (χ0) is 14.3. The van der Waals surface area contributed by atoms with E-state index in [2.05, 4.69) is 10.6 Å². The molecule has 0 spiro atoms. The summed E-state index contributed by atoms with van der Waals surface area (Å²) in [4.78, 5) is 22.3. The number of nitrogens with one attached hydrogen (secondary N) is 2. The van der Waals surface area contributed by atoms with Crippen molar-refractivity contribution in [2.75, 3.05) is 18.4 Å². The van der Waals surface area contributed by atoms with Crippen molar-refractivity contribution in [1.82, 2.24) is 5.32 Å². The molecule has 104 valence electrons. The predicted octanol–water partition coefficient (Wildman–Crippen LogP) is 2.56. The molecule has 0 aliphatic carbocycles. The first-order valence-electron chi connectivity index (χ1n) is 6.40. The number of nitrogens with zero attached hydrogens (tertiary/aromatic N) is 1. The van der Waals surface area contributed by atoms with Gasteiger partial charge in [0.1, 0.15) is 0 Å². The van der Waals surface area contributed by atoms with Crippen LogP contribution in [0.15, 0.2) is 18.2 Å². The molecule has 1 aromatic carbocycles. The minimum absolute atomic E-state index is 0.0799. The smallest absolute Gasteiger partial charge is 0.270 e. The highest BCUT2D eigenvalue weighted by Crippen LogP contribution is 2.22. The van der Waals surface area contributed by atoms with Gasteiger partial charge in [0.05, 0.1) is 10.5 Å². The van der Waals surface area contributed by atoms with Gasteiger partial charge in [-0.25, -0.2) is 0 Å². The van der Waals surface area contributed by atoms with Crippen LogP contribution in [0.25, 0.3) is 0 Å². The first kappa shape index (κ1) is 14.9. The molecule has 0 unspecified atom stereocenters. The Hall–Kier alpha value is -2.11. The Kier molecular flexibility index (Phi) is 5.78. The summed E-state index contributed by atoms with van der Waals surface area (Å²) >= 11 is 0. The molecule has 0 aliphatic rings. The van der Waals surface area contributed by atoms with E-state index in [0.29, 0.717) is 24.3 Å². The van der Waals surface area contributed by atoms with Crippen LogP contribution in [0.2, 0.25) is 0 Å². The van der Waals surface area contributed by atoms with E-state index in [0.717, 1.165) is 12.8 Å². The molecule has 0 atom stereocenters. The van der Waals surface area contributed by atoms with E-state index in [9.17, 15) is 14.9 Å². The molecule has 0 bridgehead atoms. The fourth-order valence-electron chi connectivity index (χ4n) is 1.58. The normalized spacial score (nSPS) is 10.0. The van der Waals surface area contributed by atoms with Gasteiger partial charge in [0, 0.05) is 30.9 Å². The van der Waals surface area contributed by atoms with Gasteiger partial charge in [-0.15, -0.1) is 0 Å². The van der Waals surface area contributed by atoms with Crippen molar-refractivity contribution in [2.45, 2.75) is 26.7 Å². The Balaban J connectivity index is 3.02. The van der Waals surface area contributed by atoms with E-state index in [1.54, 1.807) is 6.07 Å². The number of non-ortho nitro benzene ring substituents is 1. The second-order valence-electron chi connectivity index (χ2n) is 4.17. The maximum atomic E-state index is 12.0. The molecule has 2 N–H and O–H groups in total. The highest BCUT2D eigenvalue weighted by molar-refractivity contribution is 6.00. The molecule has 6 nitrogen and oxygen atoms in total. The van der Waals surface area contributed by atoms with Gasteiger partial charge in [0.15, 0.2) is 0 Å². The third kappa shape index (κ3) is 4.24. The van der Waals surface area contributed by atoms with Crippen LogP contribution >= 0.6 is 0 Å². The molecular formula is C13H19N3O3. The third-order valence-corrected chi connectivity index (χ3v) is 2.56. The number of hydrogen-bond acceptors (Lipinski definition) is 4. The second-order valence-corrected chi connectivity index (χ2v) is 4.17. The Labute approximate surface area is 112 Å². The zero-order valence-corrected chi connectivity index (χ0v) is 11.2. The number of nitro benzene ring substituents is 1. The van der Waals surface area contributed by atoms with Gasteiger partial charge in [-0.2, -0.15) is 0 Å². The standard InChI is InChI=1S/C13H19N3O3/c1-3-7-14-12-6-5-10(16(18)19)9-11(12)13(17)15-8-4-2/h5-6,9,14H,3-4,7-8H2,1-2H3,(H,15,17). The molecule has 0 saturated heterocycles. The van der Waals surface area contributed by atoms with E-state index >= 15 is 0 Å². The Morgan fingerprint density at radius 1 is 1.26 bits per heavy atom. The Morgan fingerprint density at radius 2 is 1.95 bits per heavy atom. The predicted molar refractivity (Wildman–Crippen MR) is 74.5 cm³/mol. The van der Waals surface area contributed by atoms with Crippen molar-refractivity contribution in [3.8, 4) is 0 Å². The van der Waals surface area contributed by atoms with E-state index in [1.165, 1.54) is 12.1 Å². The molecule has 0 aliphatic heterocycles. The van der Waals surface area contributed by atoms with Gasteiger partial charge in [0.25, 0.3) is 11.6 Å². The van der Waals surface area contributed by atoms with E-state index < -0.39 is 4.92 Å². The van der Waals surface area contributed by atoms with Crippen LogP contribution in [-0.2, 0) is 0 Å². The lowest BCUT2D eigenvalue weighted by molar-refractivity contribution is -0.384. The van der Waals surface area contributed by atoms with Gasteiger partial charge in [-0.3, -0.25) is 14.9 Å². The summed E-state index contributed by atoms with van der Waals surface area (Å²) < 4.78 is 0. The minimum atomic E-state index is -0.500. The number of amides is 1. The first-order valence-corrected chi connectivity index (χ1v) is 6.40. The summed E-state index contributed by atoms with van der Waals surface area (Å²) in [6.45, 7) is 5.22. The number of hydrogen-bond donors (Lipinski definition) is 2. The summed E-state index contributed by atoms with van der Waals surface area (Å²) in [7, 11) is 0. The van der Waals surface area contributed by atoms with Crippen molar-refractivity contribution in [2.24, 2.45) is 0 Å². The highest BCUT2D eigenvalue weighted by atomic mass is 16.6. The maximum absolute atomic E-state index is 12.0. The quantitative estimate of drug-likeness (QED) is 0.586. The summed E-state index contributed by atoms with van der Waals surface area (Å²) in [6.07, 6.45) is 1.73. The van der Waals surface area contributed by atoms with Gasteiger partial charge < -0.3 is 10.6 Å². The lowest BCUT2D eigenvalue weighted by atomic mass is 10.1. The molecule has 0 saturated carbocycles. The van der Waals surface area contributed by atoms with Crippen molar-refractivity contribution in [1.29, 1.82) is 0 Å². The fraction of sp³-hybridized carbons (Fsp3) is 0.462. The molecule has 0 heterocycles. The van der Waals surface area contributed by atoms with Gasteiger partial charge >= 0.3 is 0 Å². The van der Waals surface area contributed by atoms with E-state index in [-0.39, 0.29) is 11.6 Å². The van der Waals surface area contributed by atoms with Gasteiger partial charge in [0.2, 0.25) is 0 Å². The summed E-state index contributed by atoms with van der Waals surface area (Å²) in [6, 6.07) is 4.28. The van der Waals surface area contributed by atoms with Crippen molar-refractivity contribution in [3.63, 3.8) is 0 Å². The average molecular weight is 265 g/mol. The number of benzene rings is 1. The zero-order valence-electron chi connectivity index (χ0n) is 11.2. The average Bonchev–Trinajstić information content (AvgIpc) is 2.42. The number of rotatable bonds is 7. The monoisotopic (exact) mass is 265 g/mol. The van der Waals surface area contributed by atoms with Gasteiger partial charge in [-0.05, 0) is 18.9 Å². The molecule has 1 aromatic rings. The van der Waals surface area contributed by atoms with Gasteiger partial charge in [-0.1, -0.05) is 13.8 Å². The molecule has 0 radical (unpaired) electrons. The second kappa shape index (κ2) is 7.35.